The molecule has 0 aromatic rings. The van der Waals surface area contributed by atoms with Crippen molar-refractivity contribution in [2.45, 2.75) is 6.92 Å². The maximum atomic E-state index is 5.59. The van der Waals surface area contributed by atoms with Crippen LogP contribution >= 0.6 is 11.6 Å². The lowest BCUT2D eigenvalue weighted by atomic mass is 10.8. The Bertz CT molecular complexity index is 88.4. The van der Waals surface area contributed by atoms with E-state index < -0.39 is 0 Å². The van der Waals surface area contributed by atoms with E-state index in [0.717, 1.165) is 6.54 Å². The van der Waals surface area contributed by atoms with Crippen molar-refractivity contribution in [1.82, 2.24) is 4.90 Å². The lowest BCUT2D eigenvalue weighted by molar-refractivity contribution is 0.631. The van der Waals surface area contributed by atoms with Crippen LogP contribution in [0.4, 0.5) is 0 Å². The maximum Gasteiger partial charge on any atom is 0.193 e. The highest BCUT2D eigenvalue weighted by molar-refractivity contribution is 6.64. The highest BCUT2D eigenvalue weighted by Gasteiger charge is 1.90. The summed E-state index contributed by atoms with van der Waals surface area (Å²) < 4.78 is 0. The van der Waals surface area contributed by atoms with E-state index >= 15 is 0 Å². The van der Waals surface area contributed by atoms with Gasteiger partial charge in [0.15, 0.2) is 5.29 Å². The fraction of sp³-hybridized carbons (Fsp3) is 0.800. The molecule has 2 nitrogen and oxygen atoms in total. The lowest BCUT2D eigenvalue weighted by Gasteiger charge is -2.06. The van der Waals surface area contributed by atoms with Gasteiger partial charge in [-0.15, -0.1) is 0 Å². The zero-order valence-electron chi connectivity index (χ0n) is 5.48. The van der Waals surface area contributed by atoms with Gasteiger partial charge >= 0.3 is 0 Å². The van der Waals surface area contributed by atoms with Crippen LogP contribution in [0.2, 0.25) is 0 Å². The maximum absolute atomic E-state index is 5.59. The van der Waals surface area contributed by atoms with Gasteiger partial charge in [-0.3, -0.25) is 4.99 Å². The van der Waals surface area contributed by atoms with Gasteiger partial charge < -0.3 is 4.90 Å². The molecule has 0 spiro atoms. The normalized spacial score (nSPS) is 11.8. The van der Waals surface area contributed by atoms with Crippen molar-refractivity contribution in [3.63, 3.8) is 0 Å². The standard InChI is InChI=1S/C5H11ClN2/c1-4-7-5(6)8(2)3/h4H2,1-3H3. The molecule has 48 valence electrons. The van der Waals surface area contributed by atoms with Crippen LogP contribution in [0.25, 0.3) is 0 Å². The Morgan fingerprint density at radius 2 is 2.12 bits per heavy atom. The third kappa shape index (κ3) is 2.86. The number of hydrogen-bond acceptors (Lipinski definition) is 1. The summed E-state index contributed by atoms with van der Waals surface area (Å²) in [6.07, 6.45) is 0. The molecule has 0 bridgehead atoms. The van der Waals surface area contributed by atoms with Crippen LogP contribution in [0.5, 0.6) is 0 Å². The average molecular weight is 135 g/mol. The van der Waals surface area contributed by atoms with E-state index in [4.69, 9.17) is 11.6 Å². The Labute approximate surface area is 55.2 Å². The first-order chi connectivity index (χ1) is 3.68. The molecule has 0 aliphatic carbocycles. The molecular formula is C5H11ClN2. The molecule has 0 amide bonds. The molecule has 3 heteroatoms. The van der Waals surface area contributed by atoms with E-state index in [9.17, 15) is 0 Å². The number of hydrogen-bond donors (Lipinski definition) is 0. The van der Waals surface area contributed by atoms with Crippen LogP contribution < -0.4 is 0 Å². The van der Waals surface area contributed by atoms with Gasteiger partial charge in [-0.25, -0.2) is 0 Å². The van der Waals surface area contributed by atoms with E-state index in [0.29, 0.717) is 5.29 Å². The van der Waals surface area contributed by atoms with Crippen molar-refractivity contribution in [2.24, 2.45) is 4.99 Å². The average Bonchev–Trinajstić information content (AvgIpc) is 1.67. The minimum atomic E-state index is 0.563. The number of halogens is 1. The number of rotatable bonds is 1. The summed E-state index contributed by atoms with van der Waals surface area (Å²) >= 11 is 5.59. The van der Waals surface area contributed by atoms with Crippen LogP contribution in [-0.4, -0.2) is 30.8 Å². The van der Waals surface area contributed by atoms with Gasteiger partial charge in [0.25, 0.3) is 0 Å². The van der Waals surface area contributed by atoms with Gasteiger partial charge in [0.2, 0.25) is 0 Å². The monoisotopic (exact) mass is 134 g/mol. The van der Waals surface area contributed by atoms with Crippen LogP contribution in [0.1, 0.15) is 6.92 Å². The van der Waals surface area contributed by atoms with E-state index in [1.54, 1.807) is 4.90 Å². The SMILES string of the molecule is CCN=C(Cl)N(C)C. The summed E-state index contributed by atoms with van der Waals surface area (Å²) in [7, 11) is 3.73. The van der Waals surface area contributed by atoms with Crippen LogP contribution in [0.15, 0.2) is 4.99 Å². The molecule has 0 fully saturated rings. The van der Waals surface area contributed by atoms with Gasteiger partial charge in [0, 0.05) is 20.6 Å². The van der Waals surface area contributed by atoms with Gasteiger partial charge in [0.05, 0.1) is 0 Å². The Morgan fingerprint density at radius 3 is 2.25 bits per heavy atom. The second kappa shape index (κ2) is 3.72. The Morgan fingerprint density at radius 1 is 1.62 bits per heavy atom. The van der Waals surface area contributed by atoms with E-state index in [1.165, 1.54) is 0 Å². The van der Waals surface area contributed by atoms with Crippen molar-refractivity contribution >= 4 is 16.9 Å². The minimum Gasteiger partial charge on any atom is -0.353 e. The van der Waals surface area contributed by atoms with Gasteiger partial charge in [-0.2, -0.15) is 0 Å². The van der Waals surface area contributed by atoms with Crippen LogP contribution in [0.3, 0.4) is 0 Å². The van der Waals surface area contributed by atoms with Crippen molar-refractivity contribution in [2.75, 3.05) is 20.6 Å². The summed E-state index contributed by atoms with van der Waals surface area (Å²) in [5, 5.41) is 0.563. The van der Waals surface area contributed by atoms with Gasteiger partial charge in [0.1, 0.15) is 0 Å². The first kappa shape index (κ1) is 7.76. The predicted molar refractivity (Wildman–Crippen MR) is 37.5 cm³/mol. The molecule has 0 aliphatic heterocycles. The largest absolute Gasteiger partial charge is 0.353 e. The minimum absolute atomic E-state index is 0.563. The highest BCUT2D eigenvalue weighted by atomic mass is 35.5. The number of nitrogens with zero attached hydrogens (tertiary/aromatic N) is 2. The fourth-order valence-corrected chi connectivity index (χ4v) is 0.391. The molecule has 0 aromatic heterocycles. The van der Waals surface area contributed by atoms with Crippen molar-refractivity contribution in [3.8, 4) is 0 Å². The summed E-state index contributed by atoms with van der Waals surface area (Å²) in [6.45, 7) is 2.70. The molecule has 0 radical (unpaired) electrons. The molecule has 0 heterocycles. The lowest BCUT2D eigenvalue weighted by Crippen LogP contribution is -2.16. The van der Waals surface area contributed by atoms with Crippen molar-refractivity contribution in [1.29, 1.82) is 0 Å². The molecule has 0 N–H and O–H groups in total. The first-order valence-corrected chi connectivity index (χ1v) is 2.93. The quantitative estimate of drug-likeness (QED) is 0.299. The summed E-state index contributed by atoms with van der Waals surface area (Å²) in [5.41, 5.74) is 0. The second-order valence-electron chi connectivity index (χ2n) is 1.64. The van der Waals surface area contributed by atoms with Crippen LogP contribution in [0, 0.1) is 0 Å². The summed E-state index contributed by atoms with van der Waals surface area (Å²) in [6, 6.07) is 0. The zero-order valence-corrected chi connectivity index (χ0v) is 6.24. The molecule has 0 saturated carbocycles. The van der Waals surface area contributed by atoms with Crippen molar-refractivity contribution < 1.29 is 0 Å². The zero-order chi connectivity index (χ0) is 6.57. The van der Waals surface area contributed by atoms with E-state index in [2.05, 4.69) is 4.99 Å². The third-order valence-electron chi connectivity index (χ3n) is 0.658. The van der Waals surface area contributed by atoms with Crippen molar-refractivity contribution in [3.05, 3.63) is 0 Å². The molecular weight excluding hydrogens is 124 g/mol. The number of amidine groups is 1. The molecule has 8 heavy (non-hydrogen) atoms. The topological polar surface area (TPSA) is 15.6 Å². The predicted octanol–water partition coefficient (Wildman–Crippen LogP) is 1.16. The molecule has 0 aliphatic rings. The summed E-state index contributed by atoms with van der Waals surface area (Å²) in [5.74, 6) is 0. The van der Waals surface area contributed by atoms with E-state index in [1.807, 2.05) is 21.0 Å². The van der Waals surface area contributed by atoms with E-state index in [-0.39, 0.29) is 0 Å². The summed E-state index contributed by atoms with van der Waals surface area (Å²) in [4.78, 5) is 5.70. The Kier molecular flexibility index (Phi) is 3.61. The highest BCUT2D eigenvalue weighted by Crippen LogP contribution is 1.88. The molecule has 0 saturated heterocycles. The molecule has 0 rings (SSSR count). The fourth-order valence-electron chi connectivity index (χ4n) is 0.272. The van der Waals surface area contributed by atoms with Gasteiger partial charge in [-0.05, 0) is 18.5 Å². The van der Waals surface area contributed by atoms with Crippen LogP contribution in [-0.2, 0) is 0 Å². The Balaban J connectivity index is 3.61. The molecule has 0 atom stereocenters. The smallest absolute Gasteiger partial charge is 0.193 e. The molecule has 0 unspecified atom stereocenters. The number of aliphatic imine (C=N–C) groups is 1. The Hall–Kier alpha value is -0.240. The first-order valence-electron chi connectivity index (χ1n) is 2.55. The third-order valence-corrected chi connectivity index (χ3v) is 1.12. The molecule has 0 aromatic carbocycles. The second-order valence-corrected chi connectivity index (χ2v) is 1.98. The van der Waals surface area contributed by atoms with Gasteiger partial charge in [-0.1, -0.05) is 0 Å².